The number of hydrogen-bond donors (Lipinski definition) is 0. The highest BCUT2D eigenvalue weighted by Gasteiger charge is 2.05. The molecule has 0 atom stereocenters. The number of halogens is 1. The van der Waals surface area contributed by atoms with Crippen LogP contribution in [0.5, 0.6) is 11.5 Å². The number of imidazole rings is 1. The molecule has 3 rings (SSSR count). The van der Waals surface area contributed by atoms with E-state index in [0.29, 0.717) is 13.0 Å². The Bertz CT molecular complexity index is 753. The minimum absolute atomic E-state index is 0.358. The molecule has 0 saturated heterocycles. The predicted octanol–water partition coefficient (Wildman–Crippen LogP) is 3.75. The van der Waals surface area contributed by atoms with E-state index in [9.17, 15) is 4.39 Å². The first-order valence-corrected chi connectivity index (χ1v) is 7.12. The summed E-state index contributed by atoms with van der Waals surface area (Å²) in [5.74, 6) is 1.52. The summed E-state index contributed by atoms with van der Waals surface area (Å²) in [6, 6.07) is 11.4. The van der Waals surface area contributed by atoms with Gasteiger partial charge in [-0.15, -0.1) is 0 Å². The quantitative estimate of drug-likeness (QED) is 0.650. The molecule has 0 spiro atoms. The Kier molecular flexibility index (Phi) is 4.23. The van der Waals surface area contributed by atoms with Crippen LogP contribution in [0.15, 0.2) is 48.8 Å². The van der Waals surface area contributed by atoms with Crippen molar-refractivity contribution in [1.29, 1.82) is 0 Å². The van der Waals surface area contributed by atoms with Crippen molar-refractivity contribution in [3.63, 3.8) is 0 Å². The van der Waals surface area contributed by atoms with Gasteiger partial charge in [-0.1, -0.05) is 0 Å². The maximum atomic E-state index is 12.0. The van der Waals surface area contributed by atoms with Crippen molar-refractivity contribution in [2.24, 2.45) is 0 Å². The van der Waals surface area contributed by atoms with E-state index >= 15 is 0 Å². The highest BCUT2D eigenvalue weighted by molar-refractivity contribution is 5.63. The van der Waals surface area contributed by atoms with Crippen molar-refractivity contribution in [3.05, 3.63) is 48.8 Å². The molecule has 0 aliphatic carbocycles. The van der Waals surface area contributed by atoms with Crippen molar-refractivity contribution in [1.82, 2.24) is 9.38 Å². The number of hydrogen-bond acceptors (Lipinski definition) is 3. The summed E-state index contributed by atoms with van der Waals surface area (Å²) in [6.07, 6.45) is 4.26. The fraction of sp³-hybridized carbons (Fsp3) is 0.235. The molecule has 0 aliphatic rings. The van der Waals surface area contributed by atoms with E-state index < -0.39 is 0 Å². The fourth-order valence-electron chi connectivity index (χ4n) is 2.20. The van der Waals surface area contributed by atoms with E-state index in [-0.39, 0.29) is 6.67 Å². The SMILES string of the molecule is COc1ccc2nc(-c3ccc(OCCCF)cc3)cn2c1. The number of rotatable bonds is 6. The largest absolute Gasteiger partial charge is 0.495 e. The third-order valence-electron chi connectivity index (χ3n) is 3.36. The summed E-state index contributed by atoms with van der Waals surface area (Å²) >= 11 is 0. The van der Waals surface area contributed by atoms with Crippen LogP contribution in [0, 0.1) is 0 Å². The first kappa shape index (κ1) is 14.4. The average molecular weight is 300 g/mol. The molecule has 4 nitrogen and oxygen atoms in total. The Balaban J connectivity index is 1.81. The van der Waals surface area contributed by atoms with Gasteiger partial charge in [-0.3, -0.25) is 4.39 Å². The molecule has 0 radical (unpaired) electrons. The lowest BCUT2D eigenvalue weighted by Crippen LogP contribution is -1.97. The van der Waals surface area contributed by atoms with Gasteiger partial charge in [0.05, 0.1) is 32.3 Å². The molecule has 22 heavy (non-hydrogen) atoms. The van der Waals surface area contributed by atoms with Gasteiger partial charge in [-0.2, -0.15) is 0 Å². The van der Waals surface area contributed by atoms with Gasteiger partial charge < -0.3 is 13.9 Å². The molecule has 0 fully saturated rings. The number of aromatic nitrogens is 2. The van der Waals surface area contributed by atoms with Gasteiger partial charge in [0.25, 0.3) is 0 Å². The highest BCUT2D eigenvalue weighted by atomic mass is 19.1. The van der Waals surface area contributed by atoms with Gasteiger partial charge in [0.2, 0.25) is 0 Å². The number of fused-ring (bicyclic) bond motifs is 1. The van der Waals surface area contributed by atoms with Crippen LogP contribution in [0.1, 0.15) is 6.42 Å². The molecule has 114 valence electrons. The molecular formula is C17H17FN2O2. The molecule has 0 saturated carbocycles. The predicted molar refractivity (Wildman–Crippen MR) is 83.3 cm³/mol. The van der Waals surface area contributed by atoms with Crippen molar-refractivity contribution in [2.75, 3.05) is 20.4 Å². The Morgan fingerprint density at radius 3 is 2.55 bits per heavy atom. The molecule has 1 aromatic carbocycles. The highest BCUT2D eigenvalue weighted by Crippen LogP contribution is 2.23. The number of ether oxygens (including phenoxy) is 2. The molecule has 0 N–H and O–H groups in total. The van der Waals surface area contributed by atoms with Gasteiger partial charge in [-0.05, 0) is 36.4 Å². The molecule has 5 heteroatoms. The average Bonchev–Trinajstić information content (AvgIpc) is 2.98. The van der Waals surface area contributed by atoms with Gasteiger partial charge >= 0.3 is 0 Å². The smallest absolute Gasteiger partial charge is 0.137 e. The zero-order valence-electron chi connectivity index (χ0n) is 12.3. The van der Waals surface area contributed by atoms with E-state index in [1.807, 2.05) is 53.2 Å². The number of alkyl halides is 1. The summed E-state index contributed by atoms with van der Waals surface area (Å²) in [6.45, 7) is 0.0345. The number of benzene rings is 1. The molecular weight excluding hydrogens is 283 g/mol. The maximum absolute atomic E-state index is 12.0. The third-order valence-corrected chi connectivity index (χ3v) is 3.36. The van der Waals surface area contributed by atoms with Gasteiger partial charge in [0.1, 0.15) is 17.1 Å². The second kappa shape index (κ2) is 6.47. The Hall–Kier alpha value is -2.56. The molecule has 2 aromatic heterocycles. The Labute approximate surface area is 128 Å². The molecule has 2 heterocycles. The second-order valence-electron chi connectivity index (χ2n) is 4.88. The van der Waals surface area contributed by atoms with Crippen LogP contribution in [0.25, 0.3) is 16.9 Å². The lowest BCUT2D eigenvalue weighted by Gasteiger charge is -2.04. The summed E-state index contributed by atoms with van der Waals surface area (Å²) in [5.41, 5.74) is 2.74. The summed E-state index contributed by atoms with van der Waals surface area (Å²) in [5, 5.41) is 0. The van der Waals surface area contributed by atoms with E-state index in [1.54, 1.807) is 7.11 Å². The van der Waals surface area contributed by atoms with E-state index in [2.05, 4.69) is 4.98 Å². The maximum Gasteiger partial charge on any atom is 0.137 e. The Morgan fingerprint density at radius 2 is 1.82 bits per heavy atom. The zero-order valence-corrected chi connectivity index (χ0v) is 12.3. The lowest BCUT2D eigenvalue weighted by molar-refractivity contribution is 0.289. The minimum atomic E-state index is -0.358. The second-order valence-corrected chi connectivity index (χ2v) is 4.88. The summed E-state index contributed by atoms with van der Waals surface area (Å²) in [7, 11) is 1.64. The topological polar surface area (TPSA) is 35.8 Å². The van der Waals surface area contributed by atoms with Crippen molar-refractivity contribution >= 4 is 5.65 Å². The van der Waals surface area contributed by atoms with Crippen LogP contribution < -0.4 is 9.47 Å². The molecule has 0 bridgehead atoms. The van der Waals surface area contributed by atoms with E-state index in [1.165, 1.54) is 0 Å². The zero-order chi connectivity index (χ0) is 15.4. The van der Waals surface area contributed by atoms with Crippen LogP contribution in [-0.4, -0.2) is 29.8 Å². The van der Waals surface area contributed by atoms with Crippen LogP contribution in [0.2, 0.25) is 0 Å². The van der Waals surface area contributed by atoms with Crippen LogP contribution in [0.3, 0.4) is 0 Å². The number of nitrogens with zero attached hydrogens (tertiary/aromatic N) is 2. The van der Waals surface area contributed by atoms with Crippen molar-refractivity contribution in [3.8, 4) is 22.8 Å². The first-order valence-electron chi connectivity index (χ1n) is 7.12. The minimum Gasteiger partial charge on any atom is -0.495 e. The van der Waals surface area contributed by atoms with Crippen molar-refractivity contribution in [2.45, 2.75) is 6.42 Å². The Morgan fingerprint density at radius 1 is 1.05 bits per heavy atom. The summed E-state index contributed by atoms with van der Waals surface area (Å²) in [4.78, 5) is 4.58. The number of methoxy groups -OCH3 is 1. The molecule has 0 aliphatic heterocycles. The van der Waals surface area contributed by atoms with Crippen LogP contribution >= 0.6 is 0 Å². The van der Waals surface area contributed by atoms with E-state index in [0.717, 1.165) is 28.4 Å². The lowest BCUT2D eigenvalue weighted by atomic mass is 10.2. The molecule has 0 amide bonds. The standard InChI is InChI=1S/C17H17FN2O2/c1-21-15-7-8-17-19-16(12-20(17)11-15)13-3-5-14(6-4-13)22-10-2-9-18/h3-8,11-12H,2,9-10H2,1H3. The number of pyridine rings is 1. The fourth-order valence-corrected chi connectivity index (χ4v) is 2.20. The summed E-state index contributed by atoms with van der Waals surface area (Å²) < 4.78 is 24.6. The van der Waals surface area contributed by atoms with Gasteiger partial charge in [-0.25, -0.2) is 4.98 Å². The van der Waals surface area contributed by atoms with Crippen molar-refractivity contribution < 1.29 is 13.9 Å². The first-order chi connectivity index (χ1) is 10.8. The van der Waals surface area contributed by atoms with Crippen LogP contribution in [-0.2, 0) is 0 Å². The monoisotopic (exact) mass is 300 g/mol. The van der Waals surface area contributed by atoms with Gasteiger partial charge in [0, 0.05) is 18.2 Å². The third kappa shape index (κ3) is 3.03. The van der Waals surface area contributed by atoms with Crippen LogP contribution in [0.4, 0.5) is 4.39 Å². The van der Waals surface area contributed by atoms with Gasteiger partial charge in [0.15, 0.2) is 0 Å². The normalized spacial score (nSPS) is 10.8. The molecule has 3 aromatic rings. The van der Waals surface area contributed by atoms with E-state index in [4.69, 9.17) is 9.47 Å². The molecule has 0 unspecified atom stereocenters.